The molecule has 0 bridgehead atoms. The van der Waals surface area contributed by atoms with Crippen molar-refractivity contribution in [3.63, 3.8) is 0 Å². The number of pyridine rings is 1. The molecule has 1 unspecified atom stereocenters. The number of hydrogen-bond donors (Lipinski definition) is 1. The Morgan fingerprint density at radius 2 is 1.77 bits per heavy atom. The Bertz CT molecular complexity index is 1170. The molecule has 0 radical (unpaired) electrons. The Morgan fingerprint density at radius 3 is 2.40 bits per heavy atom. The maximum atomic E-state index is 13.9. The zero-order valence-electron chi connectivity index (χ0n) is 20.6. The van der Waals surface area contributed by atoms with Crippen molar-refractivity contribution in [2.75, 3.05) is 4.90 Å². The van der Waals surface area contributed by atoms with Gasteiger partial charge in [-0.1, -0.05) is 58.2 Å². The minimum absolute atomic E-state index is 0.0190. The van der Waals surface area contributed by atoms with E-state index >= 15 is 0 Å². The van der Waals surface area contributed by atoms with Gasteiger partial charge in [0.25, 0.3) is 0 Å². The van der Waals surface area contributed by atoms with E-state index in [1.165, 1.54) is 18.2 Å². The van der Waals surface area contributed by atoms with Crippen molar-refractivity contribution in [3.8, 4) is 6.07 Å². The number of carbonyl (C=O) groups is 1. The fraction of sp³-hybridized carbons (Fsp3) is 0.393. The first-order valence-electron chi connectivity index (χ1n) is 12.2. The average Bonchev–Trinajstić information content (AvgIpc) is 2.88. The van der Waals surface area contributed by atoms with Gasteiger partial charge in [0.1, 0.15) is 12.1 Å². The van der Waals surface area contributed by atoms with Gasteiger partial charge in [0.15, 0.2) is 11.5 Å². The fourth-order valence-corrected chi connectivity index (χ4v) is 4.58. The number of nitrogens with one attached hydrogen (secondary N) is 1. The van der Waals surface area contributed by atoms with Crippen molar-refractivity contribution >= 4 is 17.4 Å². The summed E-state index contributed by atoms with van der Waals surface area (Å²) in [5.41, 5.74) is 2.78. The van der Waals surface area contributed by atoms with Crippen molar-refractivity contribution in [2.24, 2.45) is 0 Å². The van der Waals surface area contributed by atoms with E-state index in [4.69, 9.17) is 0 Å². The molecule has 2 aromatic heterocycles. The van der Waals surface area contributed by atoms with Gasteiger partial charge in [-0.2, -0.15) is 5.26 Å². The van der Waals surface area contributed by atoms with Crippen LogP contribution in [0.25, 0.3) is 0 Å². The molecular weight excluding hydrogens is 436 g/mol. The Labute approximate surface area is 207 Å². The van der Waals surface area contributed by atoms with Crippen LogP contribution in [0.2, 0.25) is 0 Å². The summed E-state index contributed by atoms with van der Waals surface area (Å²) in [5.74, 6) is 0.200. The predicted octanol–water partition coefficient (Wildman–Crippen LogP) is 5.37. The summed E-state index contributed by atoms with van der Waals surface area (Å²) in [5, 5.41) is 13.1. The largest absolute Gasteiger partial charge is 0.351 e. The lowest BCUT2D eigenvalue weighted by Crippen LogP contribution is -2.44. The summed E-state index contributed by atoms with van der Waals surface area (Å²) in [4.78, 5) is 28.8. The van der Waals surface area contributed by atoms with E-state index in [1.807, 2.05) is 29.2 Å². The van der Waals surface area contributed by atoms with E-state index in [1.54, 1.807) is 18.6 Å². The highest BCUT2D eigenvalue weighted by Gasteiger charge is 2.34. The molecule has 180 valence electrons. The molecule has 1 N–H and O–H groups in total. The first kappa shape index (κ1) is 24.3. The lowest BCUT2D eigenvalue weighted by molar-refractivity contribution is -0.123. The number of amides is 1. The lowest BCUT2D eigenvalue weighted by atomic mass is 9.87. The molecule has 1 amide bonds. The summed E-state index contributed by atoms with van der Waals surface area (Å²) in [6.45, 7) is 6.48. The molecule has 1 aromatic carbocycles. The van der Waals surface area contributed by atoms with E-state index in [9.17, 15) is 10.1 Å². The fourth-order valence-electron chi connectivity index (χ4n) is 4.58. The summed E-state index contributed by atoms with van der Waals surface area (Å²) in [6.07, 6.45) is 11.8. The van der Waals surface area contributed by atoms with Crippen LogP contribution in [-0.4, -0.2) is 26.9 Å². The number of anilines is 2. The highest BCUT2D eigenvalue weighted by molar-refractivity contribution is 5.89. The number of hydrogen-bond acceptors (Lipinski definition) is 6. The summed E-state index contributed by atoms with van der Waals surface area (Å²) < 4.78 is 0. The number of rotatable bonds is 6. The third-order valence-electron chi connectivity index (χ3n) is 6.48. The van der Waals surface area contributed by atoms with Crippen LogP contribution in [0.4, 0.5) is 11.5 Å². The second-order valence-corrected chi connectivity index (χ2v) is 10.0. The second-order valence-electron chi connectivity index (χ2n) is 10.0. The van der Waals surface area contributed by atoms with Gasteiger partial charge in [-0.3, -0.25) is 9.78 Å². The molecule has 0 saturated heterocycles. The number of benzene rings is 1. The van der Waals surface area contributed by atoms with Gasteiger partial charge in [-0.25, -0.2) is 9.97 Å². The third-order valence-corrected chi connectivity index (χ3v) is 6.48. The predicted molar refractivity (Wildman–Crippen MR) is 136 cm³/mol. The van der Waals surface area contributed by atoms with E-state index in [2.05, 4.69) is 59.2 Å². The third kappa shape index (κ3) is 5.65. The molecule has 7 nitrogen and oxygen atoms in total. The first-order chi connectivity index (χ1) is 16.9. The van der Waals surface area contributed by atoms with E-state index in [0.717, 1.165) is 36.9 Å². The molecule has 1 fully saturated rings. The van der Waals surface area contributed by atoms with Gasteiger partial charge in [0.2, 0.25) is 5.91 Å². The number of aromatic nitrogens is 3. The standard InChI is InChI=1S/C28H32N6O/c1-28(2,3)21-11-13-23(14-12-21)34(26-24(18-29)31-16-17-32-26)25(20-8-7-15-30-19-20)27(35)33-22-9-5-4-6-10-22/h7-8,11-17,19,22,25H,4-6,9-10H2,1-3H3,(H,33,35). The second kappa shape index (κ2) is 10.6. The molecule has 35 heavy (non-hydrogen) atoms. The van der Waals surface area contributed by atoms with Crippen LogP contribution in [0, 0.1) is 11.3 Å². The van der Waals surface area contributed by atoms with Gasteiger partial charge in [-0.05, 0) is 42.0 Å². The van der Waals surface area contributed by atoms with Gasteiger partial charge < -0.3 is 10.2 Å². The molecule has 1 aliphatic rings. The highest BCUT2D eigenvalue weighted by Crippen LogP contribution is 2.37. The average molecular weight is 469 g/mol. The summed E-state index contributed by atoms with van der Waals surface area (Å²) in [6, 6.07) is 13.3. The molecule has 0 spiro atoms. The Hall–Kier alpha value is -3.79. The van der Waals surface area contributed by atoms with E-state index < -0.39 is 6.04 Å². The topological polar surface area (TPSA) is 94.8 Å². The van der Waals surface area contributed by atoms with Crippen LogP contribution in [0.3, 0.4) is 0 Å². The molecule has 1 saturated carbocycles. The Morgan fingerprint density at radius 1 is 1.06 bits per heavy atom. The van der Waals surface area contributed by atoms with Gasteiger partial charge >= 0.3 is 0 Å². The number of nitriles is 1. The van der Waals surface area contributed by atoms with Crippen molar-refractivity contribution in [1.29, 1.82) is 5.26 Å². The maximum Gasteiger partial charge on any atom is 0.248 e. The highest BCUT2D eigenvalue weighted by atomic mass is 16.2. The van der Waals surface area contributed by atoms with Crippen molar-refractivity contribution in [2.45, 2.75) is 70.4 Å². The van der Waals surface area contributed by atoms with Gasteiger partial charge in [0, 0.05) is 42.1 Å². The minimum atomic E-state index is -0.769. The SMILES string of the molecule is CC(C)(C)c1ccc(N(c2nccnc2C#N)C(C(=O)NC2CCCCC2)c2cccnc2)cc1. The van der Waals surface area contributed by atoms with Crippen LogP contribution in [0.15, 0.2) is 61.2 Å². The number of carbonyl (C=O) groups excluding carboxylic acids is 1. The first-order valence-corrected chi connectivity index (χ1v) is 12.2. The van der Waals surface area contributed by atoms with E-state index in [0.29, 0.717) is 5.82 Å². The molecule has 7 heteroatoms. The Kier molecular flexibility index (Phi) is 7.40. The van der Waals surface area contributed by atoms with E-state index in [-0.39, 0.29) is 23.1 Å². The number of nitrogens with zero attached hydrogens (tertiary/aromatic N) is 5. The zero-order chi connectivity index (χ0) is 24.8. The summed E-state index contributed by atoms with van der Waals surface area (Å²) in [7, 11) is 0. The lowest BCUT2D eigenvalue weighted by Gasteiger charge is -2.34. The molecule has 4 rings (SSSR count). The van der Waals surface area contributed by atoms with Crippen molar-refractivity contribution < 1.29 is 4.79 Å². The van der Waals surface area contributed by atoms with Crippen LogP contribution in [0.5, 0.6) is 0 Å². The Balaban J connectivity index is 1.84. The molecular formula is C28H32N6O. The van der Waals surface area contributed by atoms with Crippen LogP contribution in [-0.2, 0) is 10.2 Å². The maximum absolute atomic E-state index is 13.9. The zero-order valence-corrected chi connectivity index (χ0v) is 20.6. The molecule has 2 heterocycles. The van der Waals surface area contributed by atoms with Crippen molar-refractivity contribution in [1.82, 2.24) is 20.3 Å². The van der Waals surface area contributed by atoms with Crippen LogP contribution < -0.4 is 10.2 Å². The van der Waals surface area contributed by atoms with Gasteiger partial charge in [-0.15, -0.1) is 0 Å². The van der Waals surface area contributed by atoms with Crippen LogP contribution in [0.1, 0.15) is 75.7 Å². The monoisotopic (exact) mass is 468 g/mol. The van der Waals surface area contributed by atoms with Crippen LogP contribution >= 0.6 is 0 Å². The molecule has 3 aromatic rings. The normalized spacial score (nSPS) is 15.1. The molecule has 0 aliphatic heterocycles. The van der Waals surface area contributed by atoms with Crippen molar-refractivity contribution in [3.05, 3.63) is 78.0 Å². The van der Waals surface area contributed by atoms with Gasteiger partial charge in [0.05, 0.1) is 0 Å². The summed E-state index contributed by atoms with van der Waals surface area (Å²) >= 11 is 0. The quantitative estimate of drug-likeness (QED) is 0.523. The minimum Gasteiger partial charge on any atom is -0.351 e. The smallest absolute Gasteiger partial charge is 0.248 e. The molecule has 1 atom stereocenters. The molecule has 1 aliphatic carbocycles.